The first-order valence-corrected chi connectivity index (χ1v) is 9.27. The number of halogens is 4. The Balaban J connectivity index is 0.00000364. The van der Waals surface area contributed by atoms with E-state index in [4.69, 9.17) is 0 Å². The average Bonchev–Trinajstić information content (AvgIpc) is 2.88. The van der Waals surface area contributed by atoms with Gasteiger partial charge in [-0.15, -0.1) is 24.0 Å². The third-order valence-electron chi connectivity index (χ3n) is 4.20. The second-order valence-corrected chi connectivity index (χ2v) is 6.41. The Kier molecular flexibility index (Phi) is 10.8. The molecule has 1 aromatic heterocycles. The van der Waals surface area contributed by atoms with Gasteiger partial charge in [0.1, 0.15) is 5.82 Å². The lowest BCUT2D eigenvalue weighted by Gasteiger charge is -2.21. The van der Waals surface area contributed by atoms with Crippen molar-refractivity contribution in [2.75, 3.05) is 31.1 Å². The zero-order chi connectivity index (χ0) is 18.8. The van der Waals surface area contributed by atoms with Crippen LogP contribution in [0.4, 0.5) is 19.0 Å². The predicted octanol–water partition coefficient (Wildman–Crippen LogP) is 4.09. The van der Waals surface area contributed by atoms with Crippen molar-refractivity contribution in [3.05, 3.63) is 23.9 Å². The molecule has 2 heterocycles. The van der Waals surface area contributed by atoms with E-state index in [0.717, 1.165) is 24.5 Å². The van der Waals surface area contributed by atoms with E-state index in [1.54, 1.807) is 6.20 Å². The van der Waals surface area contributed by atoms with Crippen molar-refractivity contribution in [2.45, 2.75) is 51.7 Å². The number of hydrogen-bond donors (Lipinski definition) is 2. The molecule has 0 atom stereocenters. The minimum Gasteiger partial charge on any atom is -0.357 e. The number of rotatable bonds is 6. The summed E-state index contributed by atoms with van der Waals surface area (Å²) in [4.78, 5) is 11.2. The quantitative estimate of drug-likeness (QED) is 0.352. The molecular formula is C18H29F3IN5. The lowest BCUT2D eigenvalue weighted by Crippen LogP contribution is -2.38. The largest absolute Gasteiger partial charge is 0.390 e. The van der Waals surface area contributed by atoms with Gasteiger partial charge in [0.15, 0.2) is 5.96 Å². The molecule has 1 fully saturated rings. The van der Waals surface area contributed by atoms with Crippen LogP contribution >= 0.6 is 24.0 Å². The van der Waals surface area contributed by atoms with E-state index in [1.807, 2.05) is 19.1 Å². The molecule has 2 N–H and O–H groups in total. The average molecular weight is 499 g/mol. The van der Waals surface area contributed by atoms with E-state index in [2.05, 4.69) is 25.5 Å². The van der Waals surface area contributed by atoms with E-state index >= 15 is 0 Å². The van der Waals surface area contributed by atoms with Gasteiger partial charge < -0.3 is 15.5 Å². The molecular weight excluding hydrogens is 470 g/mol. The third-order valence-corrected chi connectivity index (χ3v) is 4.20. The second kappa shape index (κ2) is 12.2. The van der Waals surface area contributed by atoms with Crippen LogP contribution in [0, 0.1) is 0 Å². The number of nitrogens with zero attached hydrogens (tertiary/aromatic N) is 3. The maximum absolute atomic E-state index is 12.2. The fourth-order valence-corrected chi connectivity index (χ4v) is 2.83. The van der Waals surface area contributed by atoms with E-state index in [0.29, 0.717) is 19.0 Å². The van der Waals surface area contributed by atoms with Gasteiger partial charge in [-0.3, -0.25) is 0 Å². The van der Waals surface area contributed by atoms with Crippen molar-refractivity contribution in [3.63, 3.8) is 0 Å². The van der Waals surface area contributed by atoms with Crippen LogP contribution in [0.2, 0.25) is 0 Å². The molecule has 0 saturated carbocycles. The van der Waals surface area contributed by atoms with Crippen molar-refractivity contribution < 1.29 is 13.2 Å². The van der Waals surface area contributed by atoms with Gasteiger partial charge in [0, 0.05) is 32.4 Å². The summed E-state index contributed by atoms with van der Waals surface area (Å²) in [5.74, 6) is 1.36. The van der Waals surface area contributed by atoms with E-state index in [9.17, 15) is 13.2 Å². The Morgan fingerprint density at radius 2 is 1.85 bits per heavy atom. The lowest BCUT2D eigenvalue weighted by molar-refractivity contribution is -0.132. The fourth-order valence-electron chi connectivity index (χ4n) is 2.83. The summed E-state index contributed by atoms with van der Waals surface area (Å²) in [5, 5.41) is 5.66. The number of guanidine groups is 1. The van der Waals surface area contributed by atoms with Crippen molar-refractivity contribution in [2.24, 2.45) is 4.99 Å². The van der Waals surface area contributed by atoms with Crippen molar-refractivity contribution in [3.8, 4) is 0 Å². The summed E-state index contributed by atoms with van der Waals surface area (Å²) in [5.41, 5.74) is 0.927. The highest BCUT2D eigenvalue weighted by atomic mass is 127. The first-order chi connectivity index (χ1) is 12.5. The topological polar surface area (TPSA) is 52.6 Å². The number of aliphatic imine (C=N–C) groups is 1. The molecule has 9 heteroatoms. The van der Waals surface area contributed by atoms with Crippen LogP contribution in [-0.4, -0.2) is 43.3 Å². The van der Waals surface area contributed by atoms with Crippen LogP contribution in [0.3, 0.4) is 0 Å². The summed E-state index contributed by atoms with van der Waals surface area (Å²) in [6, 6.07) is 3.98. The van der Waals surface area contributed by atoms with Crippen molar-refractivity contribution in [1.29, 1.82) is 0 Å². The molecule has 154 valence electrons. The van der Waals surface area contributed by atoms with Crippen LogP contribution < -0.4 is 15.5 Å². The van der Waals surface area contributed by atoms with Crippen molar-refractivity contribution in [1.82, 2.24) is 15.6 Å². The van der Waals surface area contributed by atoms with Gasteiger partial charge in [-0.25, -0.2) is 9.98 Å². The van der Waals surface area contributed by atoms with Crippen LogP contribution in [0.1, 0.15) is 44.6 Å². The molecule has 1 aliphatic rings. The number of hydrogen-bond acceptors (Lipinski definition) is 3. The SMILES string of the molecule is CCNC(=NCc1ccc(N2CCCCCC2)nc1)NCCC(F)(F)F.I. The molecule has 5 nitrogen and oxygen atoms in total. The highest BCUT2D eigenvalue weighted by Gasteiger charge is 2.26. The van der Waals surface area contributed by atoms with Gasteiger partial charge in [-0.05, 0) is 31.4 Å². The predicted molar refractivity (Wildman–Crippen MR) is 114 cm³/mol. The number of anilines is 1. The first kappa shape index (κ1) is 23.8. The highest BCUT2D eigenvalue weighted by molar-refractivity contribution is 14.0. The standard InChI is InChI=1S/C18H28F3N5.HI/c1-2-22-17(23-10-9-18(19,20)21)25-14-15-7-8-16(24-13-15)26-11-5-3-4-6-12-26;/h7-8,13H,2-6,9-12,14H2,1H3,(H2,22,23,25);1H. The molecule has 2 rings (SSSR count). The number of aromatic nitrogens is 1. The fraction of sp³-hybridized carbons (Fsp3) is 0.667. The van der Waals surface area contributed by atoms with Gasteiger partial charge in [-0.1, -0.05) is 18.9 Å². The van der Waals surface area contributed by atoms with Gasteiger partial charge >= 0.3 is 6.18 Å². The Hall–Kier alpha value is -1.26. The zero-order valence-corrected chi connectivity index (χ0v) is 18.0. The molecule has 0 bridgehead atoms. The van der Waals surface area contributed by atoms with Gasteiger partial charge in [0.05, 0.1) is 13.0 Å². The number of nitrogens with one attached hydrogen (secondary N) is 2. The summed E-state index contributed by atoms with van der Waals surface area (Å²) in [6.07, 6.45) is 1.69. The Bertz CT molecular complexity index is 555. The molecule has 0 radical (unpaired) electrons. The molecule has 1 saturated heterocycles. The van der Waals surface area contributed by atoms with E-state index in [-0.39, 0.29) is 30.5 Å². The molecule has 27 heavy (non-hydrogen) atoms. The highest BCUT2D eigenvalue weighted by Crippen LogP contribution is 2.18. The molecule has 0 amide bonds. The lowest BCUT2D eigenvalue weighted by atomic mass is 10.2. The number of pyridine rings is 1. The normalized spacial score (nSPS) is 15.7. The molecule has 1 aromatic rings. The molecule has 1 aliphatic heterocycles. The van der Waals surface area contributed by atoms with E-state index in [1.165, 1.54) is 25.7 Å². The molecule has 0 aromatic carbocycles. The third kappa shape index (κ3) is 9.48. The van der Waals surface area contributed by atoms with E-state index < -0.39 is 12.6 Å². The molecule has 0 unspecified atom stereocenters. The summed E-state index contributed by atoms with van der Waals surface area (Å²) >= 11 is 0. The Labute approximate surface area is 176 Å². The summed E-state index contributed by atoms with van der Waals surface area (Å²) in [7, 11) is 0. The van der Waals surface area contributed by atoms with Crippen LogP contribution in [0.5, 0.6) is 0 Å². The smallest absolute Gasteiger partial charge is 0.357 e. The van der Waals surface area contributed by atoms with Gasteiger partial charge in [0.2, 0.25) is 0 Å². The first-order valence-electron chi connectivity index (χ1n) is 9.27. The maximum Gasteiger partial charge on any atom is 0.390 e. The Morgan fingerprint density at radius 3 is 2.41 bits per heavy atom. The number of alkyl halides is 3. The summed E-state index contributed by atoms with van der Waals surface area (Å²) < 4.78 is 36.7. The van der Waals surface area contributed by atoms with Crippen LogP contribution in [0.15, 0.2) is 23.3 Å². The zero-order valence-electron chi connectivity index (χ0n) is 15.7. The minimum atomic E-state index is -4.17. The monoisotopic (exact) mass is 499 g/mol. The second-order valence-electron chi connectivity index (χ2n) is 6.41. The Morgan fingerprint density at radius 1 is 1.15 bits per heavy atom. The van der Waals surface area contributed by atoms with Crippen molar-refractivity contribution >= 4 is 35.8 Å². The van der Waals surface area contributed by atoms with Crippen LogP contribution in [0.25, 0.3) is 0 Å². The van der Waals surface area contributed by atoms with Crippen LogP contribution in [-0.2, 0) is 6.54 Å². The maximum atomic E-state index is 12.2. The van der Waals surface area contributed by atoms with Gasteiger partial charge in [0.25, 0.3) is 0 Å². The molecule has 0 aliphatic carbocycles. The minimum absolute atomic E-state index is 0. The van der Waals surface area contributed by atoms with Gasteiger partial charge in [-0.2, -0.15) is 13.2 Å². The summed E-state index contributed by atoms with van der Waals surface area (Å²) in [6.45, 7) is 4.72. The molecule has 0 spiro atoms.